The first-order valence-corrected chi connectivity index (χ1v) is 13.0. The van der Waals surface area contributed by atoms with Crippen molar-refractivity contribution in [1.29, 1.82) is 0 Å². The van der Waals surface area contributed by atoms with Crippen LogP contribution in [0.15, 0.2) is 83.5 Å². The summed E-state index contributed by atoms with van der Waals surface area (Å²) < 4.78 is 0. The van der Waals surface area contributed by atoms with Gasteiger partial charge in [-0.2, -0.15) is 0 Å². The molecule has 0 aromatic heterocycles. The van der Waals surface area contributed by atoms with Gasteiger partial charge in [0.25, 0.3) is 17.7 Å². The third kappa shape index (κ3) is 5.21. The second kappa shape index (κ2) is 10.8. The molecule has 1 saturated heterocycles. The first kappa shape index (κ1) is 25.7. The van der Waals surface area contributed by atoms with Crippen molar-refractivity contribution in [1.82, 2.24) is 9.80 Å². The van der Waals surface area contributed by atoms with Crippen LogP contribution in [0.25, 0.3) is 0 Å². The number of benzene rings is 3. The number of carbonyl (C=O) groups is 3. The van der Waals surface area contributed by atoms with Gasteiger partial charge >= 0.3 is 0 Å². The van der Waals surface area contributed by atoms with E-state index in [1.54, 1.807) is 30.3 Å². The molecule has 1 N–H and O–H groups in total. The molecule has 194 valence electrons. The van der Waals surface area contributed by atoms with Crippen molar-refractivity contribution >= 4 is 40.7 Å². The Kier molecular flexibility index (Phi) is 7.31. The van der Waals surface area contributed by atoms with Crippen molar-refractivity contribution < 1.29 is 14.4 Å². The van der Waals surface area contributed by atoms with Gasteiger partial charge in [0.05, 0.1) is 5.69 Å². The van der Waals surface area contributed by atoms with Crippen molar-refractivity contribution in [3.05, 3.63) is 106 Å². The lowest BCUT2D eigenvalue weighted by Gasteiger charge is -2.34. The normalized spacial score (nSPS) is 16.4. The SMILES string of the molecule is Cc1ccc(C)c(N2C(=O)C(Cl)=C(Nc3ccc(C(=O)N4CCN(Cc5ccccc5)CC4)cc3)C2=O)c1. The van der Waals surface area contributed by atoms with E-state index < -0.39 is 11.8 Å². The van der Waals surface area contributed by atoms with Crippen LogP contribution in [0.1, 0.15) is 27.0 Å². The van der Waals surface area contributed by atoms with Gasteiger partial charge in [-0.3, -0.25) is 19.3 Å². The molecular formula is C30H29ClN4O3. The summed E-state index contributed by atoms with van der Waals surface area (Å²) in [6, 6.07) is 22.8. The first-order chi connectivity index (χ1) is 18.3. The highest BCUT2D eigenvalue weighted by Crippen LogP contribution is 2.32. The summed E-state index contributed by atoms with van der Waals surface area (Å²) in [5.74, 6) is -1.10. The van der Waals surface area contributed by atoms with Gasteiger partial charge in [0.2, 0.25) is 0 Å². The van der Waals surface area contributed by atoms with Crippen LogP contribution in [0.3, 0.4) is 0 Å². The van der Waals surface area contributed by atoms with E-state index in [4.69, 9.17) is 11.6 Å². The summed E-state index contributed by atoms with van der Waals surface area (Å²) in [6.07, 6.45) is 0. The average molecular weight is 529 g/mol. The highest BCUT2D eigenvalue weighted by molar-refractivity contribution is 6.53. The Morgan fingerprint density at radius 1 is 0.868 bits per heavy atom. The van der Waals surface area contributed by atoms with Crippen LogP contribution in [0, 0.1) is 13.8 Å². The van der Waals surface area contributed by atoms with Crippen LogP contribution in [0.2, 0.25) is 0 Å². The predicted molar refractivity (Wildman–Crippen MR) is 149 cm³/mol. The van der Waals surface area contributed by atoms with Crippen LogP contribution >= 0.6 is 11.6 Å². The molecule has 3 amide bonds. The van der Waals surface area contributed by atoms with E-state index in [2.05, 4.69) is 22.3 Å². The molecule has 0 atom stereocenters. The molecule has 8 heteroatoms. The number of nitrogens with zero attached hydrogens (tertiary/aromatic N) is 3. The third-order valence-electron chi connectivity index (χ3n) is 6.94. The van der Waals surface area contributed by atoms with Crippen molar-refractivity contribution in [3.8, 4) is 0 Å². The monoisotopic (exact) mass is 528 g/mol. The number of imide groups is 1. The van der Waals surface area contributed by atoms with E-state index in [0.717, 1.165) is 35.7 Å². The van der Waals surface area contributed by atoms with Gasteiger partial charge in [0, 0.05) is 44.0 Å². The number of halogens is 1. The average Bonchev–Trinajstić information content (AvgIpc) is 3.14. The number of piperazine rings is 1. The zero-order chi connectivity index (χ0) is 26.8. The fourth-order valence-corrected chi connectivity index (χ4v) is 4.98. The van der Waals surface area contributed by atoms with E-state index in [-0.39, 0.29) is 16.6 Å². The number of aryl methyl sites for hydroxylation is 2. The maximum Gasteiger partial charge on any atom is 0.283 e. The lowest BCUT2D eigenvalue weighted by atomic mass is 10.1. The van der Waals surface area contributed by atoms with Crippen molar-refractivity contribution in [2.24, 2.45) is 0 Å². The molecule has 0 unspecified atom stereocenters. The number of hydrogen-bond donors (Lipinski definition) is 1. The minimum Gasteiger partial charge on any atom is -0.350 e. The van der Waals surface area contributed by atoms with Gasteiger partial charge in [-0.25, -0.2) is 4.90 Å². The smallest absolute Gasteiger partial charge is 0.283 e. The lowest BCUT2D eigenvalue weighted by molar-refractivity contribution is -0.120. The number of rotatable bonds is 6. The van der Waals surface area contributed by atoms with E-state index in [9.17, 15) is 14.4 Å². The van der Waals surface area contributed by atoms with E-state index in [1.807, 2.05) is 49.1 Å². The Hall–Kier alpha value is -3.94. The van der Waals surface area contributed by atoms with Crippen molar-refractivity contribution in [2.45, 2.75) is 20.4 Å². The maximum atomic E-state index is 13.2. The number of anilines is 2. The fraction of sp³-hybridized carbons (Fsp3) is 0.233. The number of nitrogens with one attached hydrogen (secondary N) is 1. The molecule has 7 nitrogen and oxygen atoms in total. The summed E-state index contributed by atoms with van der Waals surface area (Å²) in [6.45, 7) is 7.59. The molecule has 3 aromatic carbocycles. The summed E-state index contributed by atoms with van der Waals surface area (Å²) in [7, 11) is 0. The highest BCUT2D eigenvalue weighted by Gasteiger charge is 2.39. The van der Waals surface area contributed by atoms with Crippen LogP contribution < -0.4 is 10.2 Å². The standard InChI is InChI=1S/C30H29ClN4O3/c1-20-8-9-21(2)25(18-20)35-29(37)26(31)27(30(35)38)32-24-12-10-23(11-13-24)28(36)34-16-14-33(15-17-34)19-22-6-4-3-5-7-22/h3-13,18,32H,14-17,19H2,1-2H3. The number of hydrogen-bond acceptors (Lipinski definition) is 5. The molecule has 0 bridgehead atoms. The molecule has 3 aromatic rings. The van der Waals surface area contributed by atoms with Gasteiger partial charge < -0.3 is 10.2 Å². The van der Waals surface area contributed by atoms with Gasteiger partial charge in [-0.05, 0) is 60.9 Å². The topological polar surface area (TPSA) is 73.0 Å². The molecule has 0 saturated carbocycles. The molecular weight excluding hydrogens is 500 g/mol. The Bertz CT molecular complexity index is 1410. The number of carbonyl (C=O) groups excluding carboxylic acids is 3. The number of amides is 3. The lowest BCUT2D eigenvalue weighted by Crippen LogP contribution is -2.48. The van der Waals surface area contributed by atoms with E-state index >= 15 is 0 Å². The minimum atomic E-state index is -0.564. The molecule has 5 rings (SSSR count). The third-order valence-corrected chi connectivity index (χ3v) is 7.29. The Morgan fingerprint density at radius 2 is 1.55 bits per heavy atom. The van der Waals surface area contributed by atoms with Crippen LogP contribution in [-0.2, 0) is 16.1 Å². The largest absolute Gasteiger partial charge is 0.350 e. The second-order valence-corrected chi connectivity index (χ2v) is 10.1. The Labute approximate surface area is 227 Å². The van der Waals surface area contributed by atoms with Gasteiger partial charge in [-0.15, -0.1) is 0 Å². The fourth-order valence-electron chi connectivity index (χ4n) is 4.76. The summed E-state index contributed by atoms with van der Waals surface area (Å²) in [5, 5.41) is 2.82. The molecule has 0 radical (unpaired) electrons. The second-order valence-electron chi connectivity index (χ2n) is 9.68. The predicted octanol–water partition coefficient (Wildman–Crippen LogP) is 4.70. The molecule has 0 aliphatic carbocycles. The summed E-state index contributed by atoms with van der Waals surface area (Å²) in [5.41, 5.74) is 4.66. The minimum absolute atomic E-state index is 0.0196. The maximum absolute atomic E-state index is 13.2. The first-order valence-electron chi connectivity index (χ1n) is 12.6. The van der Waals surface area contributed by atoms with Crippen molar-refractivity contribution in [2.75, 3.05) is 36.4 Å². The van der Waals surface area contributed by atoms with E-state index in [1.165, 1.54) is 5.56 Å². The molecule has 0 spiro atoms. The zero-order valence-electron chi connectivity index (χ0n) is 21.4. The summed E-state index contributed by atoms with van der Waals surface area (Å²) in [4.78, 5) is 44.4. The molecule has 2 aliphatic rings. The molecule has 2 aliphatic heterocycles. The highest BCUT2D eigenvalue weighted by atomic mass is 35.5. The quantitative estimate of drug-likeness (QED) is 0.470. The van der Waals surface area contributed by atoms with Crippen LogP contribution in [0.4, 0.5) is 11.4 Å². The van der Waals surface area contributed by atoms with Crippen molar-refractivity contribution in [3.63, 3.8) is 0 Å². The van der Waals surface area contributed by atoms with Crippen LogP contribution in [-0.4, -0.2) is 53.7 Å². The van der Waals surface area contributed by atoms with E-state index in [0.29, 0.717) is 30.0 Å². The Morgan fingerprint density at radius 3 is 2.24 bits per heavy atom. The molecule has 2 heterocycles. The van der Waals surface area contributed by atoms with Gasteiger partial charge in [-0.1, -0.05) is 54.1 Å². The van der Waals surface area contributed by atoms with Gasteiger partial charge in [0.1, 0.15) is 10.7 Å². The zero-order valence-corrected chi connectivity index (χ0v) is 22.2. The van der Waals surface area contributed by atoms with Gasteiger partial charge in [0.15, 0.2) is 0 Å². The van der Waals surface area contributed by atoms with Crippen LogP contribution in [0.5, 0.6) is 0 Å². The molecule has 38 heavy (non-hydrogen) atoms. The molecule has 1 fully saturated rings. The Balaban J connectivity index is 1.21. The summed E-state index contributed by atoms with van der Waals surface area (Å²) >= 11 is 6.30.